The summed E-state index contributed by atoms with van der Waals surface area (Å²) in [5.74, 6) is 1.15. The van der Waals surface area contributed by atoms with Crippen LogP contribution in [-0.2, 0) is 14.5 Å². The van der Waals surface area contributed by atoms with Crippen LogP contribution in [0.4, 0.5) is 0 Å². The first-order chi connectivity index (χ1) is 13.2. The predicted octanol–water partition coefficient (Wildman–Crippen LogP) is 6.67. The molecule has 0 radical (unpaired) electrons. The van der Waals surface area contributed by atoms with Gasteiger partial charge in [-0.3, -0.25) is 4.52 Å². The van der Waals surface area contributed by atoms with Crippen molar-refractivity contribution in [3.05, 3.63) is 70.5 Å². The molecule has 0 saturated heterocycles. The first-order valence-corrected chi connectivity index (χ1v) is 10.9. The third kappa shape index (κ3) is 4.40. The zero-order valence-electron chi connectivity index (χ0n) is 17.1. The number of benzene rings is 2. The molecule has 2 aromatic carbocycles. The second-order valence-electron chi connectivity index (χ2n) is 7.68. The van der Waals surface area contributed by atoms with Crippen LogP contribution in [0.5, 0.6) is 11.5 Å². The summed E-state index contributed by atoms with van der Waals surface area (Å²) in [6, 6.07) is 13.8. The van der Waals surface area contributed by atoms with Crippen molar-refractivity contribution in [1.82, 2.24) is 0 Å². The average molecular weight is 398 g/mol. The van der Waals surface area contributed by atoms with Gasteiger partial charge in [0.1, 0.15) is 11.5 Å². The molecule has 0 saturated carbocycles. The van der Waals surface area contributed by atoms with Crippen LogP contribution >= 0.6 is 7.60 Å². The van der Waals surface area contributed by atoms with Gasteiger partial charge in [0, 0.05) is 11.6 Å². The van der Waals surface area contributed by atoms with Gasteiger partial charge in [0.15, 0.2) is 0 Å². The van der Waals surface area contributed by atoms with Crippen LogP contribution in [0.3, 0.4) is 0 Å². The standard InChI is InChI=1S/C23H27O4P/c1-6-26-28(24)21(15-18-10-13-20(25-5)16-22(18)27-28)14-9-17-7-11-19(12-8-17)23(2,3)4/h7-16H,6H2,1-5H3/b14-9+. The number of allylic oxidation sites excluding steroid dienone is 2. The van der Waals surface area contributed by atoms with E-state index in [0.717, 1.165) is 11.1 Å². The number of ether oxygens (including phenoxy) is 1. The largest absolute Gasteiger partial charge is 0.497 e. The molecule has 1 unspecified atom stereocenters. The summed E-state index contributed by atoms with van der Waals surface area (Å²) >= 11 is 0. The fourth-order valence-corrected chi connectivity index (χ4v) is 4.57. The molecule has 3 rings (SSSR count). The third-order valence-electron chi connectivity index (χ3n) is 4.58. The molecule has 1 heterocycles. The van der Waals surface area contributed by atoms with E-state index < -0.39 is 7.60 Å². The monoisotopic (exact) mass is 398 g/mol. The highest BCUT2D eigenvalue weighted by Gasteiger charge is 2.34. The zero-order chi connectivity index (χ0) is 20.4. The Morgan fingerprint density at radius 3 is 2.39 bits per heavy atom. The van der Waals surface area contributed by atoms with E-state index in [1.165, 1.54) is 5.56 Å². The van der Waals surface area contributed by atoms with Gasteiger partial charge in [0.25, 0.3) is 0 Å². The van der Waals surface area contributed by atoms with Crippen molar-refractivity contribution in [3.63, 3.8) is 0 Å². The summed E-state index contributed by atoms with van der Waals surface area (Å²) in [5.41, 5.74) is 3.25. The summed E-state index contributed by atoms with van der Waals surface area (Å²) in [6.45, 7) is 8.66. The van der Waals surface area contributed by atoms with Crippen LogP contribution in [0.1, 0.15) is 44.4 Å². The fourth-order valence-electron chi connectivity index (χ4n) is 2.95. The molecule has 1 atom stereocenters. The second-order valence-corrected chi connectivity index (χ2v) is 9.64. The Labute approximate surface area is 167 Å². The van der Waals surface area contributed by atoms with Crippen LogP contribution in [0, 0.1) is 0 Å². The molecule has 5 heteroatoms. The summed E-state index contributed by atoms with van der Waals surface area (Å²) in [7, 11) is -1.86. The quantitative estimate of drug-likeness (QED) is 0.528. The molecule has 2 aromatic rings. The maximum Gasteiger partial charge on any atom is 0.410 e. The fraction of sp³-hybridized carbons (Fsp3) is 0.304. The van der Waals surface area contributed by atoms with Gasteiger partial charge >= 0.3 is 7.60 Å². The van der Waals surface area contributed by atoms with Crippen LogP contribution in [0.2, 0.25) is 0 Å². The highest BCUT2D eigenvalue weighted by Crippen LogP contribution is 2.60. The lowest BCUT2D eigenvalue weighted by Gasteiger charge is -2.25. The van der Waals surface area contributed by atoms with Crippen LogP contribution in [0.25, 0.3) is 12.2 Å². The van der Waals surface area contributed by atoms with Crippen molar-refractivity contribution in [1.29, 1.82) is 0 Å². The van der Waals surface area contributed by atoms with Crippen molar-refractivity contribution in [2.45, 2.75) is 33.1 Å². The molecule has 0 spiro atoms. The van der Waals surface area contributed by atoms with Crippen molar-refractivity contribution >= 4 is 19.7 Å². The SMILES string of the molecule is CCOP1(=O)Oc2cc(OC)ccc2C=C1/C=C/c1ccc(C(C)(C)C)cc1. The van der Waals surface area contributed by atoms with E-state index in [2.05, 4.69) is 45.0 Å². The second kappa shape index (κ2) is 7.98. The molecule has 148 valence electrons. The van der Waals surface area contributed by atoms with E-state index in [1.54, 1.807) is 20.1 Å². The van der Waals surface area contributed by atoms with E-state index in [1.807, 2.05) is 30.4 Å². The van der Waals surface area contributed by atoms with E-state index in [-0.39, 0.29) is 5.41 Å². The minimum atomic E-state index is -3.44. The van der Waals surface area contributed by atoms with Crippen molar-refractivity contribution in [2.24, 2.45) is 0 Å². The van der Waals surface area contributed by atoms with Crippen molar-refractivity contribution < 1.29 is 18.3 Å². The van der Waals surface area contributed by atoms with Crippen LogP contribution < -0.4 is 9.26 Å². The Morgan fingerprint density at radius 2 is 1.79 bits per heavy atom. The Kier molecular flexibility index (Phi) is 5.83. The van der Waals surface area contributed by atoms with Gasteiger partial charge in [-0.05, 0) is 47.8 Å². The topological polar surface area (TPSA) is 44.8 Å². The summed E-state index contributed by atoms with van der Waals surface area (Å²) in [6.07, 6.45) is 5.60. The minimum Gasteiger partial charge on any atom is -0.497 e. The highest BCUT2D eigenvalue weighted by atomic mass is 31.2. The van der Waals surface area contributed by atoms with Gasteiger partial charge in [-0.1, -0.05) is 51.1 Å². The lowest BCUT2D eigenvalue weighted by molar-refractivity contribution is 0.285. The Hall–Kier alpha value is -2.29. The molecule has 0 amide bonds. The number of hydrogen-bond donors (Lipinski definition) is 0. The Bertz CT molecular complexity index is 950. The van der Waals surface area contributed by atoms with Crippen molar-refractivity contribution in [3.8, 4) is 11.5 Å². The van der Waals surface area contributed by atoms with Gasteiger partial charge in [0.05, 0.1) is 19.0 Å². The van der Waals surface area contributed by atoms with E-state index >= 15 is 0 Å². The molecule has 1 aliphatic heterocycles. The number of rotatable bonds is 5. The van der Waals surface area contributed by atoms with E-state index in [4.69, 9.17) is 13.8 Å². The Morgan fingerprint density at radius 1 is 1.07 bits per heavy atom. The molecule has 28 heavy (non-hydrogen) atoms. The number of methoxy groups -OCH3 is 1. The maximum atomic E-state index is 13.3. The van der Waals surface area contributed by atoms with Gasteiger partial charge < -0.3 is 9.26 Å². The molecule has 0 aliphatic carbocycles. The molecule has 1 aliphatic rings. The summed E-state index contributed by atoms with van der Waals surface area (Å²) in [4.78, 5) is 0. The molecule has 0 bridgehead atoms. The number of hydrogen-bond acceptors (Lipinski definition) is 4. The smallest absolute Gasteiger partial charge is 0.410 e. The maximum absolute atomic E-state index is 13.3. The number of fused-ring (bicyclic) bond motifs is 1. The average Bonchev–Trinajstić information content (AvgIpc) is 2.65. The van der Waals surface area contributed by atoms with Crippen molar-refractivity contribution in [2.75, 3.05) is 13.7 Å². The van der Waals surface area contributed by atoms with E-state index in [0.29, 0.717) is 23.4 Å². The normalized spacial score (nSPS) is 19.1. The molecular formula is C23H27O4P. The molecule has 0 fully saturated rings. The minimum absolute atomic E-state index is 0.109. The van der Waals surface area contributed by atoms with Gasteiger partial charge in [0.2, 0.25) is 0 Å². The van der Waals surface area contributed by atoms with Crippen LogP contribution in [-0.4, -0.2) is 13.7 Å². The first kappa shape index (κ1) is 20.4. The highest BCUT2D eigenvalue weighted by molar-refractivity contribution is 7.59. The first-order valence-electron chi connectivity index (χ1n) is 9.38. The van der Waals surface area contributed by atoms with E-state index in [9.17, 15) is 4.57 Å². The summed E-state index contributed by atoms with van der Waals surface area (Å²) < 4.78 is 29.9. The lowest BCUT2D eigenvalue weighted by Crippen LogP contribution is -2.10. The molecular weight excluding hydrogens is 371 g/mol. The van der Waals surface area contributed by atoms with Crippen LogP contribution in [0.15, 0.2) is 53.9 Å². The predicted molar refractivity (Wildman–Crippen MR) is 115 cm³/mol. The van der Waals surface area contributed by atoms with Gasteiger partial charge in [-0.2, -0.15) is 0 Å². The molecule has 0 N–H and O–H groups in total. The zero-order valence-corrected chi connectivity index (χ0v) is 18.0. The van der Waals surface area contributed by atoms with Gasteiger partial charge in [-0.25, -0.2) is 4.57 Å². The lowest BCUT2D eigenvalue weighted by atomic mass is 9.87. The third-order valence-corrected chi connectivity index (χ3v) is 6.53. The van der Waals surface area contributed by atoms with Gasteiger partial charge in [-0.15, -0.1) is 0 Å². The molecule has 0 aromatic heterocycles. The summed E-state index contributed by atoms with van der Waals surface area (Å²) in [5, 5.41) is 0.534. The Balaban J connectivity index is 1.94. The molecule has 4 nitrogen and oxygen atoms in total.